The number of anilines is 2. The van der Waals surface area contributed by atoms with Crippen LogP contribution < -0.4 is 10.6 Å². The number of benzene rings is 1. The van der Waals surface area contributed by atoms with Crippen molar-refractivity contribution in [3.05, 3.63) is 23.8 Å². The molecule has 3 N–H and O–H groups in total. The summed E-state index contributed by atoms with van der Waals surface area (Å²) >= 11 is 0. The highest BCUT2D eigenvalue weighted by molar-refractivity contribution is 5.98. The molecular formula is C14H20N2O2. The van der Waals surface area contributed by atoms with E-state index in [1.807, 2.05) is 0 Å². The molecule has 98 valence electrons. The maximum Gasteiger partial charge on any atom is 0.337 e. The average molecular weight is 248 g/mol. The lowest BCUT2D eigenvalue weighted by Crippen LogP contribution is -2.29. The Bertz CT molecular complexity index is 424. The van der Waals surface area contributed by atoms with Crippen LogP contribution in [0.4, 0.5) is 11.4 Å². The van der Waals surface area contributed by atoms with Crippen LogP contribution in [0.5, 0.6) is 0 Å². The van der Waals surface area contributed by atoms with Crippen molar-refractivity contribution in [2.75, 3.05) is 23.7 Å². The van der Waals surface area contributed by atoms with Gasteiger partial charge in [0.1, 0.15) is 0 Å². The fraction of sp³-hybridized carbons (Fsp3) is 0.500. The number of nitrogens with two attached hydrogens (primary N) is 1. The first-order chi connectivity index (χ1) is 8.70. The van der Waals surface area contributed by atoms with Crippen molar-refractivity contribution in [2.45, 2.75) is 32.1 Å². The Morgan fingerprint density at radius 2 is 1.72 bits per heavy atom. The highest BCUT2D eigenvalue weighted by Gasteiger charge is 2.19. The minimum Gasteiger partial charge on any atom is -0.478 e. The van der Waals surface area contributed by atoms with E-state index in [4.69, 9.17) is 5.73 Å². The minimum absolute atomic E-state index is 0.315. The molecule has 0 amide bonds. The van der Waals surface area contributed by atoms with Crippen LogP contribution in [0.25, 0.3) is 0 Å². The highest BCUT2D eigenvalue weighted by Crippen LogP contribution is 2.29. The molecule has 0 saturated carbocycles. The van der Waals surface area contributed by atoms with Gasteiger partial charge in [-0.25, -0.2) is 4.79 Å². The van der Waals surface area contributed by atoms with Crippen molar-refractivity contribution in [3.8, 4) is 0 Å². The minimum atomic E-state index is -0.903. The summed E-state index contributed by atoms with van der Waals surface area (Å²) in [5, 5.41) is 9.26. The smallest absolute Gasteiger partial charge is 0.337 e. The molecule has 1 aliphatic heterocycles. The largest absolute Gasteiger partial charge is 0.478 e. The molecule has 0 aliphatic carbocycles. The predicted molar refractivity (Wildman–Crippen MR) is 73.1 cm³/mol. The molecule has 18 heavy (non-hydrogen) atoms. The van der Waals surface area contributed by atoms with E-state index in [0.717, 1.165) is 25.9 Å². The molecule has 0 spiro atoms. The van der Waals surface area contributed by atoms with Gasteiger partial charge in [-0.05, 0) is 25.0 Å². The summed E-state index contributed by atoms with van der Waals surface area (Å²) in [6.45, 7) is 1.79. The van der Waals surface area contributed by atoms with Gasteiger partial charge in [-0.3, -0.25) is 0 Å². The van der Waals surface area contributed by atoms with Crippen molar-refractivity contribution < 1.29 is 9.90 Å². The van der Waals surface area contributed by atoms with Gasteiger partial charge in [0, 0.05) is 13.1 Å². The van der Waals surface area contributed by atoms with Gasteiger partial charge >= 0.3 is 5.97 Å². The summed E-state index contributed by atoms with van der Waals surface area (Å²) in [4.78, 5) is 13.4. The van der Waals surface area contributed by atoms with Gasteiger partial charge in [0.05, 0.1) is 16.9 Å². The maximum absolute atomic E-state index is 11.3. The molecule has 0 radical (unpaired) electrons. The van der Waals surface area contributed by atoms with Crippen LogP contribution >= 0.6 is 0 Å². The number of aromatic carboxylic acids is 1. The standard InChI is InChI=1S/C14H20N2O2/c15-12-8-6-7-11(14(17)18)13(12)16-9-4-2-1-3-5-10-16/h6-8H,1-5,9-10,15H2,(H,17,18). The van der Waals surface area contributed by atoms with E-state index in [1.165, 1.54) is 19.3 Å². The van der Waals surface area contributed by atoms with E-state index in [0.29, 0.717) is 16.9 Å². The molecular weight excluding hydrogens is 228 g/mol. The summed E-state index contributed by atoms with van der Waals surface area (Å²) in [6.07, 6.45) is 5.92. The molecule has 1 fully saturated rings. The van der Waals surface area contributed by atoms with Gasteiger partial charge in [0.25, 0.3) is 0 Å². The molecule has 4 nitrogen and oxygen atoms in total. The normalized spacial score (nSPS) is 17.0. The van der Waals surface area contributed by atoms with Crippen LogP contribution in [0.15, 0.2) is 18.2 Å². The monoisotopic (exact) mass is 248 g/mol. The van der Waals surface area contributed by atoms with Crippen LogP contribution in [0, 0.1) is 0 Å². The SMILES string of the molecule is Nc1cccc(C(=O)O)c1N1CCCCCCC1. The first-order valence-corrected chi connectivity index (χ1v) is 6.57. The average Bonchev–Trinajstić information content (AvgIpc) is 2.29. The van der Waals surface area contributed by atoms with Crippen molar-refractivity contribution in [3.63, 3.8) is 0 Å². The Morgan fingerprint density at radius 3 is 2.33 bits per heavy atom. The van der Waals surface area contributed by atoms with Crippen LogP contribution in [0.3, 0.4) is 0 Å². The second-order valence-electron chi connectivity index (χ2n) is 4.80. The number of carbonyl (C=O) groups is 1. The fourth-order valence-electron chi connectivity index (χ4n) is 2.56. The number of rotatable bonds is 2. The molecule has 1 saturated heterocycles. The third-order valence-electron chi connectivity index (χ3n) is 3.47. The number of nitrogens with zero attached hydrogens (tertiary/aromatic N) is 1. The number of hydrogen-bond donors (Lipinski definition) is 2. The number of carboxylic acids is 1. The zero-order valence-corrected chi connectivity index (χ0v) is 10.6. The van der Waals surface area contributed by atoms with Crippen molar-refractivity contribution in [1.29, 1.82) is 0 Å². The van der Waals surface area contributed by atoms with Crippen molar-refractivity contribution in [2.24, 2.45) is 0 Å². The first-order valence-electron chi connectivity index (χ1n) is 6.57. The third-order valence-corrected chi connectivity index (χ3v) is 3.47. The number of hydrogen-bond acceptors (Lipinski definition) is 3. The fourth-order valence-corrected chi connectivity index (χ4v) is 2.56. The van der Waals surface area contributed by atoms with E-state index in [2.05, 4.69) is 4.90 Å². The van der Waals surface area contributed by atoms with Crippen molar-refractivity contribution >= 4 is 17.3 Å². The lowest BCUT2D eigenvalue weighted by Gasteiger charge is -2.29. The van der Waals surface area contributed by atoms with E-state index in [1.54, 1.807) is 18.2 Å². The lowest BCUT2D eigenvalue weighted by molar-refractivity contribution is 0.0697. The summed E-state index contributed by atoms with van der Waals surface area (Å²) in [5.41, 5.74) is 7.56. The summed E-state index contributed by atoms with van der Waals surface area (Å²) in [5.74, 6) is -0.903. The molecule has 0 aromatic heterocycles. The predicted octanol–water partition coefficient (Wildman–Crippen LogP) is 2.74. The maximum atomic E-state index is 11.3. The second-order valence-corrected chi connectivity index (χ2v) is 4.80. The Hall–Kier alpha value is -1.71. The van der Waals surface area contributed by atoms with E-state index >= 15 is 0 Å². The van der Waals surface area contributed by atoms with Gasteiger partial charge < -0.3 is 15.7 Å². The first kappa shape index (κ1) is 12.7. The number of carboxylic acid groups (broad SMARTS) is 1. The molecule has 0 atom stereocenters. The van der Waals surface area contributed by atoms with Gasteiger partial charge in [-0.15, -0.1) is 0 Å². The number of para-hydroxylation sites is 1. The molecule has 1 heterocycles. The van der Waals surface area contributed by atoms with Crippen LogP contribution in [0.2, 0.25) is 0 Å². The summed E-state index contributed by atoms with van der Waals surface area (Å²) < 4.78 is 0. The van der Waals surface area contributed by atoms with Crippen LogP contribution in [0.1, 0.15) is 42.5 Å². The molecule has 1 aromatic rings. The number of nitrogen functional groups attached to an aromatic ring is 1. The van der Waals surface area contributed by atoms with Gasteiger partial charge in [-0.2, -0.15) is 0 Å². The van der Waals surface area contributed by atoms with E-state index in [-0.39, 0.29) is 0 Å². The quantitative estimate of drug-likeness (QED) is 0.790. The van der Waals surface area contributed by atoms with E-state index < -0.39 is 5.97 Å². The Kier molecular flexibility index (Phi) is 4.07. The van der Waals surface area contributed by atoms with Gasteiger partial charge in [0.15, 0.2) is 0 Å². The Morgan fingerprint density at radius 1 is 1.11 bits per heavy atom. The molecule has 1 aromatic carbocycles. The van der Waals surface area contributed by atoms with Gasteiger partial charge in [-0.1, -0.05) is 25.3 Å². The zero-order valence-electron chi connectivity index (χ0n) is 10.6. The second kappa shape index (κ2) is 5.76. The van der Waals surface area contributed by atoms with Crippen molar-refractivity contribution in [1.82, 2.24) is 0 Å². The van der Waals surface area contributed by atoms with E-state index in [9.17, 15) is 9.90 Å². The topological polar surface area (TPSA) is 66.6 Å². The Labute approximate surface area is 107 Å². The molecule has 2 rings (SSSR count). The summed E-state index contributed by atoms with van der Waals surface area (Å²) in [7, 11) is 0. The molecule has 1 aliphatic rings. The molecule has 0 bridgehead atoms. The van der Waals surface area contributed by atoms with Gasteiger partial charge in [0.2, 0.25) is 0 Å². The Balaban J connectivity index is 2.32. The lowest BCUT2D eigenvalue weighted by atomic mass is 10.1. The zero-order chi connectivity index (χ0) is 13.0. The highest BCUT2D eigenvalue weighted by atomic mass is 16.4. The van der Waals surface area contributed by atoms with Crippen LogP contribution in [-0.4, -0.2) is 24.2 Å². The molecule has 0 unspecified atom stereocenters. The summed E-state index contributed by atoms with van der Waals surface area (Å²) in [6, 6.07) is 5.11. The molecule has 4 heteroatoms. The third kappa shape index (κ3) is 2.75. The van der Waals surface area contributed by atoms with Crippen LogP contribution in [-0.2, 0) is 0 Å².